The van der Waals surface area contributed by atoms with Crippen molar-refractivity contribution in [3.63, 3.8) is 0 Å². The van der Waals surface area contributed by atoms with E-state index in [9.17, 15) is 13.0 Å². The monoisotopic (exact) mass is 270 g/mol. The molecule has 0 amide bonds. The molecule has 0 bridgehead atoms. The smallest absolute Gasteiger partial charge is 0.224 e. The van der Waals surface area contributed by atoms with E-state index in [-0.39, 0.29) is 5.88 Å². The Morgan fingerprint density at radius 1 is 1.19 bits per heavy atom. The van der Waals surface area contributed by atoms with Gasteiger partial charge in [0.15, 0.2) is 5.88 Å². The molecular formula is C9H22N2O3S2. The van der Waals surface area contributed by atoms with Crippen LogP contribution in [0.15, 0.2) is 0 Å². The molecule has 0 aliphatic rings. The Morgan fingerprint density at radius 2 is 1.69 bits per heavy atom. The fraction of sp³-hybridized carbons (Fsp3) is 1.00. The molecule has 0 spiro atoms. The van der Waals surface area contributed by atoms with Crippen molar-refractivity contribution in [1.82, 2.24) is 9.42 Å². The van der Waals surface area contributed by atoms with Crippen molar-refractivity contribution >= 4 is 21.2 Å². The van der Waals surface area contributed by atoms with E-state index in [0.717, 1.165) is 12.8 Å². The Morgan fingerprint density at radius 3 is 2.00 bits per heavy atom. The van der Waals surface area contributed by atoms with Gasteiger partial charge in [-0.25, -0.2) is 8.42 Å². The third-order valence-electron chi connectivity index (χ3n) is 1.93. The van der Waals surface area contributed by atoms with Crippen LogP contribution in [0.1, 0.15) is 26.7 Å². The number of nitrogens with zero attached hydrogens (tertiary/aromatic N) is 2. The average molecular weight is 270 g/mol. The molecule has 1 unspecified atom stereocenters. The first kappa shape index (κ1) is 16.2. The van der Waals surface area contributed by atoms with Gasteiger partial charge in [-0.15, -0.1) is 4.41 Å². The van der Waals surface area contributed by atoms with Crippen LogP contribution < -0.4 is 0 Å². The highest BCUT2D eigenvalue weighted by Gasteiger charge is 2.25. The van der Waals surface area contributed by atoms with Gasteiger partial charge in [0.2, 0.25) is 10.0 Å². The van der Waals surface area contributed by atoms with E-state index in [0.29, 0.717) is 13.1 Å². The van der Waals surface area contributed by atoms with Crippen molar-refractivity contribution in [2.24, 2.45) is 0 Å². The lowest BCUT2D eigenvalue weighted by molar-refractivity contribution is 0.0821. The Labute approximate surface area is 102 Å². The van der Waals surface area contributed by atoms with Crippen LogP contribution in [0.2, 0.25) is 0 Å². The average Bonchev–Trinajstić information content (AvgIpc) is 2.11. The number of hydrazine groups is 1. The third kappa shape index (κ3) is 6.05. The summed E-state index contributed by atoms with van der Waals surface area (Å²) in [6.45, 7) is 4.94. The minimum atomic E-state index is -3.27. The van der Waals surface area contributed by atoms with Crippen LogP contribution in [0.4, 0.5) is 0 Å². The minimum Gasteiger partial charge on any atom is -0.615 e. The van der Waals surface area contributed by atoms with E-state index in [1.807, 2.05) is 13.8 Å². The van der Waals surface area contributed by atoms with Crippen molar-refractivity contribution in [3.05, 3.63) is 0 Å². The van der Waals surface area contributed by atoms with Crippen LogP contribution in [0.3, 0.4) is 0 Å². The maximum atomic E-state index is 11.6. The zero-order valence-electron chi connectivity index (χ0n) is 10.5. The van der Waals surface area contributed by atoms with Gasteiger partial charge in [0.05, 0.1) is 12.5 Å². The Balaban J connectivity index is 4.79. The van der Waals surface area contributed by atoms with E-state index in [2.05, 4.69) is 0 Å². The summed E-state index contributed by atoms with van der Waals surface area (Å²) < 4.78 is 35.8. The largest absolute Gasteiger partial charge is 0.615 e. The van der Waals surface area contributed by atoms with Crippen molar-refractivity contribution < 1.29 is 13.0 Å². The number of hydrogen-bond acceptors (Lipinski definition) is 4. The number of hydrogen-bond donors (Lipinski definition) is 0. The highest BCUT2D eigenvalue weighted by molar-refractivity contribution is 7.90. The van der Waals surface area contributed by atoms with Gasteiger partial charge in [0, 0.05) is 13.1 Å². The Bertz CT molecular complexity index is 280. The lowest BCUT2D eigenvalue weighted by atomic mass is 10.5. The first-order valence-electron chi connectivity index (χ1n) is 5.35. The van der Waals surface area contributed by atoms with E-state index >= 15 is 0 Å². The number of sulfonamides is 1. The highest BCUT2D eigenvalue weighted by Crippen LogP contribution is 2.08. The first-order valence-corrected chi connectivity index (χ1v) is 8.93. The maximum absolute atomic E-state index is 11.6. The summed E-state index contributed by atoms with van der Waals surface area (Å²) in [6.07, 6.45) is 4.33. The van der Waals surface area contributed by atoms with Gasteiger partial charge >= 0.3 is 0 Å². The molecule has 0 aromatic rings. The van der Waals surface area contributed by atoms with Crippen LogP contribution in [0, 0.1) is 0 Å². The van der Waals surface area contributed by atoms with Crippen LogP contribution in [0.25, 0.3) is 0 Å². The highest BCUT2D eigenvalue weighted by atomic mass is 32.2. The van der Waals surface area contributed by atoms with E-state index in [1.165, 1.54) is 10.7 Å². The van der Waals surface area contributed by atoms with Crippen molar-refractivity contribution in [2.45, 2.75) is 26.7 Å². The van der Waals surface area contributed by atoms with Crippen LogP contribution in [-0.4, -0.2) is 53.9 Å². The van der Waals surface area contributed by atoms with Gasteiger partial charge < -0.3 is 4.55 Å². The van der Waals surface area contributed by atoms with Gasteiger partial charge in [0.25, 0.3) is 0 Å². The molecule has 0 heterocycles. The molecule has 5 nitrogen and oxygen atoms in total. The predicted molar refractivity (Wildman–Crippen MR) is 67.8 cm³/mol. The number of rotatable bonds is 8. The summed E-state index contributed by atoms with van der Waals surface area (Å²) in [4.78, 5) is 0. The zero-order chi connectivity index (χ0) is 12.8. The molecule has 16 heavy (non-hydrogen) atoms. The summed E-state index contributed by atoms with van der Waals surface area (Å²) in [5.74, 6) is 0.265. The maximum Gasteiger partial charge on any atom is 0.224 e. The first-order chi connectivity index (χ1) is 7.32. The molecule has 0 aliphatic carbocycles. The van der Waals surface area contributed by atoms with Crippen LogP contribution >= 0.6 is 0 Å². The van der Waals surface area contributed by atoms with Crippen LogP contribution in [-0.2, 0) is 21.2 Å². The summed E-state index contributed by atoms with van der Waals surface area (Å²) in [7, 11) is -3.27. The summed E-state index contributed by atoms with van der Waals surface area (Å²) in [5.41, 5.74) is 0. The van der Waals surface area contributed by atoms with Crippen LogP contribution in [0.5, 0.6) is 0 Å². The molecule has 0 radical (unpaired) electrons. The molecule has 0 N–H and O–H groups in total. The van der Waals surface area contributed by atoms with E-state index in [4.69, 9.17) is 0 Å². The third-order valence-corrected chi connectivity index (χ3v) is 3.77. The molecule has 0 aliphatic heterocycles. The molecule has 0 saturated carbocycles. The second kappa shape index (κ2) is 7.50. The van der Waals surface area contributed by atoms with Crippen molar-refractivity contribution in [2.75, 3.05) is 31.5 Å². The Kier molecular flexibility index (Phi) is 7.58. The Hall–Kier alpha value is 0.180. The molecule has 0 aromatic heterocycles. The molecule has 0 rings (SSSR count). The summed E-state index contributed by atoms with van der Waals surface area (Å²) in [6, 6.07) is 0. The van der Waals surface area contributed by atoms with Gasteiger partial charge in [-0.1, -0.05) is 13.8 Å². The molecule has 0 saturated heterocycles. The molecule has 0 aromatic carbocycles. The van der Waals surface area contributed by atoms with E-state index < -0.39 is 21.2 Å². The molecule has 7 heteroatoms. The molecule has 98 valence electrons. The SMILES string of the molecule is CCCN(C[S+](C)[O-])N(CCC)S(C)(=O)=O. The van der Waals surface area contributed by atoms with E-state index in [1.54, 1.807) is 11.3 Å². The van der Waals surface area contributed by atoms with Crippen molar-refractivity contribution in [1.29, 1.82) is 0 Å². The van der Waals surface area contributed by atoms with Gasteiger partial charge in [-0.2, -0.15) is 5.01 Å². The van der Waals surface area contributed by atoms with Crippen molar-refractivity contribution in [3.8, 4) is 0 Å². The zero-order valence-corrected chi connectivity index (χ0v) is 12.1. The quantitative estimate of drug-likeness (QED) is 0.479. The lowest BCUT2D eigenvalue weighted by Gasteiger charge is -2.31. The lowest BCUT2D eigenvalue weighted by Crippen LogP contribution is -2.48. The predicted octanol–water partition coefficient (Wildman–Crippen LogP) is 0.621. The molecular weight excluding hydrogens is 248 g/mol. The second-order valence-electron chi connectivity index (χ2n) is 3.74. The minimum absolute atomic E-state index is 0.265. The second-order valence-corrected chi connectivity index (χ2v) is 7.03. The van der Waals surface area contributed by atoms with Gasteiger partial charge in [0.1, 0.15) is 0 Å². The van der Waals surface area contributed by atoms with Gasteiger partial charge in [-0.05, 0) is 24.0 Å². The molecule has 0 fully saturated rings. The summed E-state index contributed by atoms with van der Waals surface area (Å²) >= 11 is -1.04. The standard InChI is InChI=1S/C9H22N2O3S2/c1-5-7-10(9-15(3)12)11(8-6-2)16(4,13)14/h5-9H2,1-4H3. The fourth-order valence-corrected chi connectivity index (χ4v) is 3.25. The van der Waals surface area contributed by atoms with Gasteiger partial charge in [-0.3, -0.25) is 0 Å². The normalized spacial score (nSPS) is 14.7. The molecule has 1 atom stereocenters. The topological polar surface area (TPSA) is 63.7 Å². The fourth-order valence-electron chi connectivity index (χ4n) is 1.42. The summed E-state index contributed by atoms with van der Waals surface area (Å²) in [5, 5.41) is 1.66.